The number of non-ortho nitro benzene ring substituents is 1. The number of hydrogen-bond donors (Lipinski definition) is 1. The molecule has 0 aliphatic carbocycles. The summed E-state index contributed by atoms with van der Waals surface area (Å²) in [6.07, 6.45) is 0.628. The number of ether oxygens (including phenoxy) is 1. The SMILES string of the molecule is CNCCCN(C)S(=O)(=O)c1cc([N+](=O)[O-])ccc1OC. The fraction of sp³-hybridized carbons (Fsp3) is 0.500. The molecule has 0 bridgehead atoms. The largest absolute Gasteiger partial charge is 0.495 e. The molecule has 0 aromatic heterocycles. The second kappa shape index (κ2) is 7.34. The summed E-state index contributed by atoms with van der Waals surface area (Å²) < 4.78 is 31.1. The van der Waals surface area contributed by atoms with E-state index in [2.05, 4.69) is 5.32 Å². The Balaban J connectivity index is 3.16. The average Bonchev–Trinajstić information content (AvgIpc) is 2.46. The summed E-state index contributed by atoms with van der Waals surface area (Å²) in [4.78, 5) is 9.97. The van der Waals surface area contributed by atoms with Crippen LogP contribution in [0.15, 0.2) is 23.1 Å². The van der Waals surface area contributed by atoms with Gasteiger partial charge in [-0.05, 0) is 26.1 Å². The van der Waals surface area contributed by atoms with E-state index >= 15 is 0 Å². The maximum absolute atomic E-state index is 12.5. The molecule has 8 nitrogen and oxygen atoms in total. The quantitative estimate of drug-likeness (QED) is 0.433. The van der Waals surface area contributed by atoms with E-state index in [0.717, 1.165) is 10.4 Å². The monoisotopic (exact) mass is 317 g/mol. The van der Waals surface area contributed by atoms with E-state index in [4.69, 9.17) is 4.74 Å². The number of nitrogens with one attached hydrogen (secondary N) is 1. The zero-order valence-corrected chi connectivity index (χ0v) is 13.0. The lowest BCUT2D eigenvalue weighted by Crippen LogP contribution is -2.30. The lowest BCUT2D eigenvalue weighted by Gasteiger charge is -2.18. The summed E-state index contributed by atoms with van der Waals surface area (Å²) in [5.74, 6) is 0.0843. The summed E-state index contributed by atoms with van der Waals surface area (Å²) >= 11 is 0. The molecular formula is C12H19N3O5S. The fourth-order valence-electron chi connectivity index (χ4n) is 1.75. The first-order valence-electron chi connectivity index (χ1n) is 6.28. The smallest absolute Gasteiger partial charge is 0.271 e. The Morgan fingerprint density at radius 1 is 1.43 bits per heavy atom. The van der Waals surface area contributed by atoms with Crippen LogP contribution in [0.2, 0.25) is 0 Å². The first-order valence-corrected chi connectivity index (χ1v) is 7.72. The van der Waals surface area contributed by atoms with E-state index in [1.54, 1.807) is 7.05 Å². The van der Waals surface area contributed by atoms with Crippen LogP contribution < -0.4 is 10.1 Å². The summed E-state index contributed by atoms with van der Waals surface area (Å²) in [6.45, 7) is 0.973. The molecular weight excluding hydrogens is 298 g/mol. The summed E-state index contributed by atoms with van der Waals surface area (Å²) in [7, 11) is 0.688. The highest BCUT2D eigenvalue weighted by molar-refractivity contribution is 7.89. The predicted molar refractivity (Wildman–Crippen MR) is 78.0 cm³/mol. The third kappa shape index (κ3) is 4.13. The van der Waals surface area contributed by atoms with Gasteiger partial charge in [-0.25, -0.2) is 12.7 Å². The van der Waals surface area contributed by atoms with Gasteiger partial charge in [-0.2, -0.15) is 0 Å². The predicted octanol–water partition coefficient (Wildman–Crippen LogP) is 0.833. The van der Waals surface area contributed by atoms with Crippen LogP contribution in [-0.2, 0) is 10.0 Å². The highest BCUT2D eigenvalue weighted by Gasteiger charge is 2.26. The Kier molecular flexibility index (Phi) is 6.06. The highest BCUT2D eigenvalue weighted by Crippen LogP contribution is 2.30. The molecule has 118 valence electrons. The number of methoxy groups -OCH3 is 1. The van der Waals surface area contributed by atoms with E-state index in [-0.39, 0.29) is 16.3 Å². The fourth-order valence-corrected chi connectivity index (χ4v) is 3.13. The van der Waals surface area contributed by atoms with Crippen LogP contribution in [0.4, 0.5) is 5.69 Å². The van der Waals surface area contributed by atoms with Crippen molar-refractivity contribution in [2.75, 3.05) is 34.3 Å². The lowest BCUT2D eigenvalue weighted by molar-refractivity contribution is -0.385. The van der Waals surface area contributed by atoms with Gasteiger partial charge in [0.15, 0.2) is 0 Å². The van der Waals surface area contributed by atoms with Crippen LogP contribution >= 0.6 is 0 Å². The van der Waals surface area contributed by atoms with Crippen molar-refractivity contribution in [1.82, 2.24) is 9.62 Å². The van der Waals surface area contributed by atoms with Crippen molar-refractivity contribution in [3.63, 3.8) is 0 Å². The zero-order valence-electron chi connectivity index (χ0n) is 12.2. The van der Waals surface area contributed by atoms with Crippen molar-refractivity contribution < 1.29 is 18.1 Å². The van der Waals surface area contributed by atoms with Gasteiger partial charge in [0.2, 0.25) is 10.0 Å². The van der Waals surface area contributed by atoms with Crippen molar-refractivity contribution in [3.8, 4) is 5.75 Å². The van der Waals surface area contributed by atoms with E-state index in [0.29, 0.717) is 19.5 Å². The van der Waals surface area contributed by atoms with Gasteiger partial charge >= 0.3 is 0 Å². The second-order valence-corrected chi connectivity index (χ2v) is 6.39. The van der Waals surface area contributed by atoms with Crippen LogP contribution in [-0.4, -0.2) is 51.9 Å². The number of nitrogens with zero attached hydrogens (tertiary/aromatic N) is 2. The Bertz CT molecular complexity index is 603. The van der Waals surface area contributed by atoms with Crippen LogP contribution in [0.3, 0.4) is 0 Å². The number of benzene rings is 1. The maximum Gasteiger partial charge on any atom is 0.271 e. The molecule has 0 saturated heterocycles. The number of rotatable bonds is 8. The van der Waals surface area contributed by atoms with Crippen molar-refractivity contribution in [2.45, 2.75) is 11.3 Å². The third-order valence-corrected chi connectivity index (χ3v) is 4.82. The van der Waals surface area contributed by atoms with Gasteiger partial charge in [0.25, 0.3) is 5.69 Å². The van der Waals surface area contributed by atoms with E-state index in [9.17, 15) is 18.5 Å². The van der Waals surface area contributed by atoms with Crippen LogP contribution in [0.1, 0.15) is 6.42 Å². The van der Waals surface area contributed by atoms with Gasteiger partial charge in [-0.15, -0.1) is 0 Å². The molecule has 0 spiro atoms. The molecule has 0 fully saturated rings. The topological polar surface area (TPSA) is 102 Å². The molecule has 1 N–H and O–H groups in total. The second-order valence-electron chi connectivity index (χ2n) is 4.38. The summed E-state index contributed by atoms with van der Waals surface area (Å²) in [5.41, 5.74) is -0.294. The van der Waals surface area contributed by atoms with Gasteiger partial charge in [0.1, 0.15) is 10.6 Å². The van der Waals surface area contributed by atoms with Crippen molar-refractivity contribution in [2.24, 2.45) is 0 Å². The molecule has 1 aromatic rings. The Labute approximate surface area is 123 Å². The van der Waals surface area contributed by atoms with E-state index < -0.39 is 14.9 Å². The van der Waals surface area contributed by atoms with E-state index in [1.165, 1.54) is 26.3 Å². The number of nitro groups is 1. The first kappa shape index (κ1) is 17.3. The molecule has 0 heterocycles. The minimum absolute atomic E-state index is 0.0843. The molecule has 0 aliphatic heterocycles. The number of nitro benzene ring substituents is 1. The molecule has 0 saturated carbocycles. The molecule has 1 rings (SSSR count). The highest BCUT2D eigenvalue weighted by atomic mass is 32.2. The summed E-state index contributed by atoms with van der Waals surface area (Å²) in [6, 6.07) is 3.51. The molecule has 9 heteroatoms. The molecule has 1 aromatic carbocycles. The molecule has 21 heavy (non-hydrogen) atoms. The molecule has 0 aliphatic rings. The Morgan fingerprint density at radius 3 is 2.62 bits per heavy atom. The molecule has 0 amide bonds. The van der Waals surface area contributed by atoms with Crippen molar-refractivity contribution >= 4 is 15.7 Å². The zero-order chi connectivity index (χ0) is 16.0. The Morgan fingerprint density at radius 2 is 2.10 bits per heavy atom. The normalized spacial score (nSPS) is 11.6. The molecule has 0 unspecified atom stereocenters. The van der Waals surface area contributed by atoms with Crippen LogP contribution in [0.5, 0.6) is 5.75 Å². The maximum atomic E-state index is 12.5. The number of sulfonamides is 1. The number of hydrogen-bond acceptors (Lipinski definition) is 6. The van der Waals surface area contributed by atoms with Gasteiger partial charge in [0.05, 0.1) is 12.0 Å². The van der Waals surface area contributed by atoms with Gasteiger partial charge in [0, 0.05) is 25.7 Å². The third-order valence-electron chi connectivity index (χ3n) is 2.95. The van der Waals surface area contributed by atoms with Gasteiger partial charge < -0.3 is 10.1 Å². The first-order chi connectivity index (χ1) is 9.84. The van der Waals surface area contributed by atoms with Gasteiger partial charge in [-0.3, -0.25) is 10.1 Å². The average molecular weight is 317 g/mol. The Hall–Kier alpha value is -1.71. The molecule has 0 radical (unpaired) electrons. The van der Waals surface area contributed by atoms with Gasteiger partial charge in [-0.1, -0.05) is 0 Å². The van der Waals surface area contributed by atoms with Crippen molar-refractivity contribution in [3.05, 3.63) is 28.3 Å². The minimum Gasteiger partial charge on any atom is -0.495 e. The summed E-state index contributed by atoms with van der Waals surface area (Å²) in [5, 5.41) is 13.7. The van der Waals surface area contributed by atoms with E-state index in [1.807, 2.05) is 0 Å². The minimum atomic E-state index is -3.84. The lowest BCUT2D eigenvalue weighted by atomic mass is 10.3. The van der Waals surface area contributed by atoms with Crippen LogP contribution in [0.25, 0.3) is 0 Å². The standard InChI is InChI=1S/C12H19N3O5S/c1-13-7-4-8-14(2)21(18,19)12-9-10(15(16)17)5-6-11(12)20-3/h5-6,9,13H,4,7-8H2,1-3H3. The van der Waals surface area contributed by atoms with Crippen LogP contribution in [0, 0.1) is 10.1 Å². The molecule has 0 atom stereocenters. The van der Waals surface area contributed by atoms with Crippen molar-refractivity contribution in [1.29, 1.82) is 0 Å².